The third-order valence-electron chi connectivity index (χ3n) is 3.22. The van der Waals surface area contributed by atoms with Crippen molar-refractivity contribution in [1.29, 1.82) is 0 Å². The Kier molecular flexibility index (Phi) is 6.25. The number of hydrogen-bond acceptors (Lipinski definition) is 3. The van der Waals surface area contributed by atoms with Crippen molar-refractivity contribution >= 4 is 29.0 Å². The Labute approximate surface area is 114 Å². The highest BCUT2D eigenvalue weighted by molar-refractivity contribution is 7.80. The van der Waals surface area contributed by atoms with Crippen molar-refractivity contribution in [2.24, 2.45) is 11.1 Å². The van der Waals surface area contributed by atoms with E-state index in [1.54, 1.807) is 21.0 Å². The highest BCUT2D eigenvalue weighted by Gasteiger charge is 2.38. The first kappa shape index (κ1) is 16.8. The summed E-state index contributed by atoms with van der Waals surface area (Å²) in [7, 11) is 3.32. The fraction of sp³-hybridized carbons (Fsp3) is 0.750. The molecule has 0 bridgehead atoms. The monoisotopic (exact) mass is 273 g/mol. The standard InChI is InChI=1S/C12H23N3O2S/c1-6-12(3,10(13)18)11(17)15(7-2)8-9(16)14(4)5/h6-8H2,1-5H3,(H2,13,18). The Bertz CT molecular complexity index is 344. The molecule has 0 aromatic rings. The van der Waals surface area contributed by atoms with Crippen molar-refractivity contribution in [1.82, 2.24) is 9.80 Å². The normalized spacial score (nSPS) is 13.6. The lowest BCUT2D eigenvalue weighted by Crippen LogP contribution is -2.51. The van der Waals surface area contributed by atoms with Crippen LogP contribution in [0, 0.1) is 5.41 Å². The molecule has 2 amide bonds. The number of nitrogens with zero attached hydrogens (tertiary/aromatic N) is 2. The Morgan fingerprint density at radius 3 is 2.06 bits per heavy atom. The SMILES string of the molecule is CCN(CC(=O)N(C)C)C(=O)C(C)(CC)C(N)=S. The summed E-state index contributed by atoms with van der Waals surface area (Å²) in [5.74, 6) is -0.304. The highest BCUT2D eigenvalue weighted by Crippen LogP contribution is 2.24. The molecule has 0 aliphatic carbocycles. The van der Waals surface area contributed by atoms with Crippen LogP contribution in [-0.2, 0) is 9.59 Å². The molecule has 104 valence electrons. The van der Waals surface area contributed by atoms with Gasteiger partial charge >= 0.3 is 0 Å². The molecule has 0 rings (SSSR count). The van der Waals surface area contributed by atoms with E-state index in [1.807, 2.05) is 13.8 Å². The zero-order valence-electron chi connectivity index (χ0n) is 11.8. The fourth-order valence-electron chi connectivity index (χ4n) is 1.41. The molecule has 2 N–H and O–H groups in total. The van der Waals surface area contributed by atoms with Crippen molar-refractivity contribution in [3.8, 4) is 0 Å². The second-order valence-electron chi connectivity index (χ2n) is 4.66. The number of likely N-dealkylation sites (N-methyl/N-ethyl adjacent to an activating group) is 2. The molecule has 0 saturated carbocycles. The summed E-state index contributed by atoms with van der Waals surface area (Å²) in [6, 6.07) is 0. The second-order valence-corrected chi connectivity index (χ2v) is 5.10. The summed E-state index contributed by atoms with van der Waals surface area (Å²) in [6.45, 7) is 5.92. The molecule has 0 aliphatic rings. The molecule has 0 heterocycles. The predicted molar refractivity (Wildman–Crippen MR) is 76.1 cm³/mol. The van der Waals surface area contributed by atoms with Crippen LogP contribution in [0.1, 0.15) is 27.2 Å². The first-order chi connectivity index (χ1) is 8.20. The van der Waals surface area contributed by atoms with Gasteiger partial charge in [0.15, 0.2) is 0 Å². The van der Waals surface area contributed by atoms with Gasteiger partial charge in [0.25, 0.3) is 0 Å². The van der Waals surface area contributed by atoms with Crippen LogP contribution in [0.25, 0.3) is 0 Å². The lowest BCUT2D eigenvalue weighted by atomic mass is 9.85. The van der Waals surface area contributed by atoms with E-state index in [0.29, 0.717) is 13.0 Å². The molecule has 5 nitrogen and oxygen atoms in total. The first-order valence-corrected chi connectivity index (χ1v) is 6.40. The molecule has 0 spiro atoms. The lowest BCUT2D eigenvalue weighted by molar-refractivity contribution is -0.143. The number of carbonyl (C=O) groups is 2. The number of amides is 2. The predicted octanol–water partition coefficient (Wildman–Crippen LogP) is 0.626. The van der Waals surface area contributed by atoms with Crippen LogP contribution in [0.3, 0.4) is 0 Å². The van der Waals surface area contributed by atoms with Crippen LogP contribution in [-0.4, -0.2) is 53.8 Å². The summed E-state index contributed by atoms with van der Waals surface area (Å²) in [4.78, 5) is 27.2. The minimum atomic E-state index is -0.877. The van der Waals surface area contributed by atoms with Crippen LogP contribution in [0.15, 0.2) is 0 Å². The van der Waals surface area contributed by atoms with E-state index in [0.717, 1.165) is 0 Å². The van der Waals surface area contributed by atoms with Gasteiger partial charge in [-0.1, -0.05) is 19.1 Å². The largest absolute Gasteiger partial charge is 0.392 e. The molecule has 18 heavy (non-hydrogen) atoms. The Morgan fingerprint density at radius 1 is 1.28 bits per heavy atom. The average molecular weight is 273 g/mol. The molecule has 6 heteroatoms. The van der Waals surface area contributed by atoms with E-state index in [4.69, 9.17) is 18.0 Å². The smallest absolute Gasteiger partial charge is 0.241 e. The van der Waals surface area contributed by atoms with Crippen molar-refractivity contribution in [3.63, 3.8) is 0 Å². The summed E-state index contributed by atoms with van der Waals surface area (Å²) >= 11 is 4.97. The molecular weight excluding hydrogens is 250 g/mol. The van der Waals surface area contributed by atoms with Crippen molar-refractivity contribution in [3.05, 3.63) is 0 Å². The van der Waals surface area contributed by atoms with Gasteiger partial charge in [0.1, 0.15) is 0 Å². The van der Waals surface area contributed by atoms with Crippen molar-refractivity contribution in [2.75, 3.05) is 27.2 Å². The van der Waals surface area contributed by atoms with E-state index in [2.05, 4.69) is 0 Å². The van der Waals surface area contributed by atoms with E-state index >= 15 is 0 Å². The number of rotatable bonds is 6. The molecule has 0 saturated heterocycles. The topological polar surface area (TPSA) is 66.6 Å². The maximum absolute atomic E-state index is 12.4. The average Bonchev–Trinajstić information content (AvgIpc) is 2.33. The van der Waals surface area contributed by atoms with Gasteiger partial charge in [-0.25, -0.2) is 0 Å². The molecule has 1 unspecified atom stereocenters. The number of thiocarbonyl (C=S) groups is 1. The van der Waals surface area contributed by atoms with Crippen LogP contribution in [0.5, 0.6) is 0 Å². The maximum atomic E-state index is 12.4. The second kappa shape index (κ2) is 6.68. The van der Waals surface area contributed by atoms with Gasteiger partial charge in [-0.3, -0.25) is 9.59 Å². The summed E-state index contributed by atoms with van der Waals surface area (Å²) in [6.07, 6.45) is 0.522. The van der Waals surface area contributed by atoms with E-state index < -0.39 is 5.41 Å². The third-order valence-corrected chi connectivity index (χ3v) is 3.67. The number of hydrogen-bond donors (Lipinski definition) is 1. The summed E-state index contributed by atoms with van der Waals surface area (Å²) in [5.41, 5.74) is 4.78. The Morgan fingerprint density at radius 2 is 1.78 bits per heavy atom. The van der Waals surface area contributed by atoms with Gasteiger partial charge in [-0.2, -0.15) is 0 Å². The van der Waals surface area contributed by atoms with Gasteiger partial charge < -0.3 is 15.5 Å². The van der Waals surface area contributed by atoms with Gasteiger partial charge in [0.2, 0.25) is 11.8 Å². The Balaban J connectivity index is 5.02. The van der Waals surface area contributed by atoms with Crippen molar-refractivity contribution < 1.29 is 9.59 Å². The molecule has 0 aromatic heterocycles. The first-order valence-electron chi connectivity index (χ1n) is 6.00. The minimum absolute atomic E-state index is 0.0561. The van der Waals surface area contributed by atoms with Crippen LogP contribution >= 0.6 is 12.2 Å². The zero-order valence-corrected chi connectivity index (χ0v) is 12.6. The molecule has 0 aliphatic heterocycles. The van der Waals surface area contributed by atoms with Crippen LogP contribution in [0.2, 0.25) is 0 Å². The van der Waals surface area contributed by atoms with Crippen LogP contribution in [0.4, 0.5) is 0 Å². The van der Waals surface area contributed by atoms with Gasteiger partial charge in [-0.15, -0.1) is 0 Å². The highest BCUT2D eigenvalue weighted by atomic mass is 32.1. The molecule has 0 radical (unpaired) electrons. The maximum Gasteiger partial charge on any atom is 0.241 e. The minimum Gasteiger partial charge on any atom is -0.392 e. The fourth-order valence-corrected chi connectivity index (χ4v) is 1.64. The van der Waals surface area contributed by atoms with E-state index in [-0.39, 0.29) is 23.3 Å². The van der Waals surface area contributed by atoms with Gasteiger partial charge in [0.05, 0.1) is 16.9 Å². The number of nitrogens with two attached hydrogens (primary N) is 1. The third kappa shape index (κ3) is 3.66. The molecule has 0 aromatic carbocycles. The molecule has 0 fully saturated rings. The van der Waals surface area contributed by atoms with E-state index in [1.165, 1.54) is 9.80 Å². The summed E-state index contributed by atoms with van der Waals surface area (Å²) < 4.78 is 0. The molecular formula is C12H23N3O2S. The lowest BCUT2D eigenvalue weighted by Gasteiger charge is -2.32. The zero-order chi connectivity index (χ0) is 14.5. The summed E-state index contributed by atoms with van der Waals surface area (Å²) in [5, 5.41) is 0. The van der Waals surface area contributed by atoms with Crippen LogP contribution < -0.4 is 5.73 Å². The number of carbonyl (C=O) groups excluding carboxylic acids is 2. The van der Waals surface area contributed by atoms with Gasteiger partial charge in [-0.05, 0) is 20.3 Å². The van der Waals surface area contributed by atoms with Crippen molar-refractivity contribution in [2.45, 2.75) is 27.2 Å². The van der Waals surface area contributed by atoms with Gasteiger partial charge in [0, 0.05) is 20.6 Å². The quantitative estimate of drug-likeness (QED) is 0.721. The van der Waals surface area contributed by atoms with E-state index in [9.17, 15) is 9.59 Å². The Hall–Kier alpha value is -1.17. The molecule has 1 atom stereocenters.